The van der Waals surface area contributed by atoms with Crippen molar-refractivity contribution in [1.82, 2.24) is 5.32 Å². The summed E-state index contributed by atoms with van der Waals surface area (Å²) in [5.74, 6) is 0.138. The second-order valence-corrected chi connectivity index (χ2v) is 4.84. The molecule has 2 unspecified atom stereocenters. The fourth-order valence-electron chi connectivity index (χ4n) is 2.49. The topological polar surface area (TPSA) is 75.4 Å². The van der Waals surface area contributed by atoms with Crippen molar-refractivity contribution in [2.24, 2.45) is 5.92 Å². The van der Waals surface area contributed by atoms with E-state index >= 15 is 0 Å². The highest BCUT2D eigenvalue weighted by Gasteiger charge is 2.24. The Kier molecular flexibility index (Phi) is 3.93. The van der Waals surface area contributed by atoms with Crippen molar-refractivity contribution in [3.63, 3.8) is 0 Å². The summed E-state index contributed by atoms with van der Waals surface area (Å²) in [4.78, 5) is 10.5. The SMILES string of the molecule is Cc1c(CC2CNCCC2O)cccc1[N+](=O)[O-]. The lowest BCUT2D eigenvalue weighted by atomic mass is 9.88. The summed E-state index contributed by atoms with van der Waals surface area (Å²) in [6.07, 6.45) is 1.12. The normalized spacial score (nSPS) is 23.9. The van der Waals surface area contributed by atoms with Gasteiger partial charge in [-0.3, -0.25) is 10.1 Å². The lowest BCUT2D eigenvalue weighted by Gasteiger charge is -2.28. The number of nitro benzene ring substituents is 1. The Morgan fingerprint density at radius 1 is 1.56 bits per heavy atom. The number of benzene rings is 1. The number of aliphatic hydroxyl groups is 1. The molecule has 1 aliphatic rings. The minimum Gasteiger partial charge on any atom is -0.393 e. The second-order valence-electron chi connectivity index (χ2n) is 4.84. The third-order valence-corrected chi connectivity index (χ3v) is 3.66. The van der Waals surface area contributed by atoms with Crippen LogP contribution >= 0.6 is 0 Å². The Morgan fingerprint density at radius 2 is 2.33 bits per heavy atom. The molecule has 0 saturated carbocycles. The van der Waals surface area contributed by atoms with Gasteiger partial charge in [-0.15, -0.1) is 0 Å². The zero-order chi connectivity index (χ0) is 13.1. The first kappa shape index (κ1) is 13.0. The number of nitro groups is 1. The third kappa shape index (κ3) is 2.68. The summed E-state index contributed by atoms with van der Waals surface area (Å²) in [7, 11) is 0. The number of piperidine rings is 1. The Hall–Kier alpha value is -1.46. The van der Waals surface area contributed by atoms with Gasteiger partial charge in [-0.1, -0.05) is 12.1 Å². The molecule has 2 atom stereocenters. The van der Waals surface area contributed by atoms with Crippen LogP contribution in [0.3, 0.4) is 0 Å². The van der Waals surface area contributed by atoms with Crippen molar-refractivity contribution in [2.45, 2.75) is 25.9 Å². The highest BCUT2D eigenvalue weighted by Crippen LogP contribution is 2.25. The van der Waals surface area contributed by atoms with Crippen molar-refractivity contribution in [3.8, 4) is 0 Å². The summed E-state index contributed by atoms with van der Waals surface area (Å²) in [6.45, 7) is 3.38. The van der Waals surface area contributed by atoms with Gasteiger partial charge in [0.25, 0.3) is 5.69 Å². The first-order chi connectivity index (χ1) is 8.59. The van der Waals surface area contributed by atoms with Crippen LogP contribution in [0.25, 0.3) is 0 Å². The molecule has 0 amide bonds. The Morgan fingerprint density at radius 3 is 3.00 bits per heavy atom. The molecule has 1 aliphatic heterocycles. The van der Waals surface area contributed by atoms with E-state index in [0.717, 1.165) is 25.1 Å². The molecule has 1 heterocycles. The summed E-state index contributed by atoms with van der Waals surface area (Å²) in [5.41, 5.74) is 1.82. The molecule has 1 aromatic carbocycles. The highest BCUT2D eigenvalue weighted by atomic mass is 16.6. The molecule has 18 heavy (non-hydrogen) atoms. The van der Waals surface area contributed by atoms with Gasteiger partial charge in [0.1, 0.15) is 0 Å². The van der Waals surface area contributed by atoms with Crippen LogP contribution in [0.2, 0.25) is 0 Å². The molecule has 98 valence electrons. The molecule has 0 aromatic heterocycles. The molecule has 0 spiro atoms. The zero-order valence-corrected chi connectivity index (χ0v) is 10.4. The van der Waals surface area contributed by atoms with Gasteiger partial charge in [0.05, 0.1) is 11.0 Å². The number of nitrogens with zero attached hydrogens (tertiary/aromatic N) is 1. The van der Waals surface area contributed by atoms with Crippen molar-refractivity contribution < 1.29 is 10.0 Å². The van der Waals surface area contributed by atoms with Crippen molar-refractivity contribution >= 4 is 5.69 Å². The molecule has 2 N–H and O–H groups in total. The molecular formula is C13H18N2O3. The van der Waals surface area contributed by atoms with Gasteiger partial charge in [0, 0.05) is 24.1 Å². The van der Waals surface area contributed by atoms with E-state index in [-0.39, 0.29) is 22.6 Å². The summed E-state index contributed by atoms with van der Waals surface area (Å²) >= 11 is 0. The molecule has 1 saturated heterocycles. The lowest BCUT2D eigenvalue weighted by molar-refractivity contribution is -0.385. The third-order valence-electron chi connectivity index (χ3n) is 3.66. The average molecular weight is 250 g/mol. The van der Waals surface area contributed by atoms with E-state index in [0.29, 0.717) is 12.0 Å². The van der Waals surface area contributed by atoms with Crippen LogP contribution in [0, 0.1) is 23.0 Å². The quantitative estimate of drug-likeness (QED) is 0.628. The monoisotopic (exact) mass is 250 g/mol. The number of hydrogen-bond acceptors (Lipinski definition) is 4. The van der Waals surface area contributed by atoms with Gasteiger partial charge in [-0.25, -0.2) is 0 Å². The van der Waals surface area contributed by atoms with E-state index in [4.69, 9.17) is 0 Å². The van der Waals surface area contributed by atoms with Gasteiger partial charge in [0.2, 0.25) is 0 Å². The zero-order valence-electron chi connectivity index (χ0n) is 10.4. The van der Waals surface area contributed by atoms with Crippen LogP contribution in [0.4, 0.5) is 5.69 Å². The maximum Gasteiger partial charge on any atom is 0.272 e. The van der Waals surface area contributed by atoms with Crippen LogP contribution in [-0.4, -0.2) is 29.2 Å². The minimum atomic E-state index is -0.353. The number of hydrogen-bond donors (Lipinski definition) is 2. The van der Waals surface area contributed by atoms with Crippen molar-refractivity contribution in [1.29, 1.82) is 0 Å². The number of nitrogens with one attached hydrogen (secondary N) is 1. The number of aliphatic hydroxyl groups excluding tert-OH is 1. The average Bonchev–Trinajstić information content (AvgIpc) is 2.34. The molecule has 5 heteroatoms. The Bertz CT molecular complexity index is 448. The molecule has 1 aromatic rings. The first-order valence-corrected chi connectivity index (χ1v) is 6.21. The van der Waals surface area contributed by atoms with Gasteiger partial charge in [0.15, 0.2) is 0 Å². The Labute approximate surface area is 106 Å². The Balaban J connectivity index is 2.18. The molecule has 0 aliphatic carbocycles. The summed E-state index contributed by atoms with van der Waals surface area (Å²) < 4.78 is 0. The predicted octanol–water partition coefficient (Wildman–Crippen LogP) is 1.42. The summed E-state index contributed by atoms with van der Waals surface area (Å²) in [5, 5.41) is 24.0. The fourth-order valence-corrected chi connectivity index (χ4v) is 2.49. The van der Waals surface area contributed by atoms with Crippen molar-refractivity contribution in [3.05, 3.63) is 39.4 Å². The van der Waals surface area contributed by atoms with E-state index in [9.17, 15) is 15.2 Å². The van der Waals surface area contributed by atoms with Crippen LogP contribution in [0.15, 0.2) is 18.2 Å². The molecule has 1 fully saturated rings. The largest absolute Gasteiger partial charge is 0.393 e. The van der Waals surface area contributed by atoms with Crippen LogP contribution in [0.5, 0.6) is 0 Å². The van der Waals surface area contributed by atoms with Crippen molar-refractivity contribution in [2.75, 3.05) is 13.1 Å². The standard InChI is InChI=1S/C13H18N2O3/c1-9-10(3-2-4-12(9)15(17)18)7-11-8-14-6-5-13(11)16/h2-4,11,13-14,16H,5-8H2,1H3. The molecule has 0 bridgehead atoms. The molecule has 5 nitrogen and oxygen atoms in total. The lowest BCUT2D eigenvalue weighted by Crippen LogP contribution is -2.40. The van der Waals surface area contributed by atoms with E-state index in [1.54, 1.807) is 13.0 Å². The maximum atomic E-state index is 10.9. The smallest absolute Gasteiger partial charge is 0.272 e. The molecule has 2 rings (SSSR count). The predicted molar refractivity (Wildman–Crippen MR) is 68.5 cm³/mol. The van der Waals surface area contributed by atoms with E-state index in [1.165, 1.54) is 6.07 Å². The van der Waals surface area contributed by atoms with Gasteiger partial charge in [-0.05, 0) is 31.9 Å². The first-order valence-electron chi connectivity index (χ1n) is 6.21. The summed E-state index contributed by atoms with van der Waals surface area (Å²) in [6, 6.07) is 5.14. The maximum absolute atomic E-state index is 10.9. The van der Waals surface area contributed by atoms with Gasteiger partial charge >= 0.3 is 0 Å². The number of rotatable bonds is 3. The van der Waals surface area contributed by atoms with E-state index < -0.39 is 0 Å². The van der Waals surface area contributed by atoms with E-state index in [1.807, 2.05) is 6.07 Å². The molecule has 0 radical (unpaired) electrons. The molecular weight excluding hydrogens is 232 g/mol. The second kappa shape index (κ2) is 5.46. The highest BCUT2D eigenvalue weighted by molar-refractivity contribution is 5.44. The van der Waals surface area contributed by atoms with Gasteiger partial charge < -0.3 is 10.4 Å². The van der Waals surface area contributed by atoms with Crippen LogP contribution in [-0.2, 0) is 6.42 Å². The van der Waals surface area contributed by atoms with E-state index in [2.05, 4.69) is 5.32 Å². The van der Waals surface area contributed by atoms with Crippen LogP contribution in [0.1, 0.15) is 17.5 Å². The minimum absolute atomic E-state index is 0.138. The fraction of sp³-hybridized carbons (Fsp3) is 0.538. The van der Waals surface area contributed by atoms with Gasteiger partial charge in [-0.2, -0.15) is 0 Å². The van der Waals surface area contributed by atoms with Crippen LogP contribution < -0.4 is 5.32 Å².